The number of benzene rings is 1. The molecule has 6 nitrogen and oxygen atoms in total. The number of rotatable bonds is 6. The van der Waals surface area contributed by atoms with Gasteiger partial charge in [-0.25, -0.2) is 9.78 Å². The van der Waals surface area contributed by atoms with Gasteiger partial charge in [0.2, 0.25) is 0 Å². The van der Waals surface area contributed by atoms with Crippen molar-refractivity contribution in [3.63, 3.8) is 0 Å². The molecule has 11 heteroatoms. The number of ether oxygens (including phenoxy) is 1. The van der Waals surface area contributed by atoms with Crippen molar-refractivity contribution in [1.82, 2.24) is 14.1 Å². The zero-order valence-electron chi connectivity index (χ0n) is 17.0. The van der Waals surface area contributed by atoms with Crippen LogP contribution in [-0.2, 0) is 19.0 Å². The molecule has 3 aromatic rings. The van der Waals surface area contributed by atoms with E-state index in [1.54, 1.807) is 13.8 Å². The topological polar surface area (TPSA) is 66.1 Å². The Balaban J connectivity index is 2.71. The third-order valence-corrected chi connectivity index (χ3v) is 4.91. The first-order valence-electron chi connectivity index (χ1n) is 9.59. The van der Waals surface area contributed by atoms with Gasteiger partial charge in [0.25, 0.3) is 5.56 Å². The number of fused-ring (bicyclic) bond motifs is 2. The van der Waals surface area contributed by atoms with E-state index < -0.39 is 45.3 Å². The maximum absolute atomic E-state index is 14.8. The Morgan fingerprint density at radius 2 is 1.61 bits per heavy atom. The molecule has 0 aliphatic heterocycles. The number of hydrogen-bond donors (Lipinski definition) is 0. The molecule has 0 radical (unpaired) electrons. The number of hydrogen-bond acceptors (Lipinski definition) is 4. The zero-order chi connectivity index (χ0) is 23.1. The molecule has 31 heavy (non-hydrogen) atoms. The normalized spacial score (nSPS) is 12.6. The molecule has 2 aromatic heterocycles. The smallest absolute Gasteiger partial charge is 0.458 e. The van der Waals surface area contributed by atoms with Gasteiger partial charge < -0.3 is 4.74 Å². The predicted molar refractivity (Wildman–Crippen MR) is 105 cm³/mol. The first-order valence-corrected chi connectivity index (χ1v) is 9.59. The van der Waals surface area contributed by atoms with Crippen LogP contribution in [0.5, 0.6) is 5.75 Å². The van der Waals surface area contributed by atoms with Gasteiger partial charge in [0.1, 0.15) is 5.75 Å². The summed E-state index contributed by atoms with van der Waals surface area (Å²) in [5.41, 5.74) is -4.28. The average Bonchev–Trinajstić information content (AvgIpc) is 2.71. The lowest BCUT2D eigenvalue weighted by molar-refractivity contribution is -0.288. The van der Waals surface area contributed by atoms with E-state index in [9.17, 15) is 31.5 Å². The Morgan fingerprint density at radius 1 is 1.00 bits per heavy atom. The molecule has 168 valence electrons. The Labute approximate surface area is 172 Å². The van der Waals surface area contributed by atoms with Gasteiger partial charge in [-0.1, -0.05) is 13.8 Å². The van der Waals surface area contributed by atoms with E-state index in [1.807, 2.05) is 0 Å². The molecule has 0 atom stereocenters. The molecule has 2 heterocycles. The highest BCUT2D eigenvalue weighted by molar-refractivity contribution is 5.97. The number of nitrogens with zero attached hydrogens (tertiary/aromatic N) is 3. The molecule has 0 N–H and O–H groups in total. The number of methoxy groups -OCH3 is 1. The lowest BCUT2D eigenvalue weighted by Crippen LogP contribution is -2.42. The van der Waals surface area contributed by atoms with Crippen molar-refractivity contribution in [3.05, 3.63) is 44.6 Å². The summed E-state index contributed by atoms with van der Waals surface area (Å²) in [6.45, 7) is 3.20. The van der Waals surface area contributed by atoms with Gasteiger partial charge in [0.15, 0.2) is 5.65 Å². The van der Waals surface area contributed by atoms with Crippen LogP contribution in [0.4, 0.5) is 22.0 Å². The second kappa shape index (κ2) is 7.93. The molecule has 0 saturated carbocycles. The highest BCUT2D eigenvalue weighted by Gasteiger charge is 2.60. The van der Waals surface area contributed by atoms with Gasteiger partial charge in [-0.05, 0) is 31.0 Å². The quantitative estimate of drug-likeness (QED) is 0.422. The van der Waals surface area contributed by atoms with E-state index in [-0.39, 0.29) is 24.4 Å². The fourth-order valence-electron chi connectivity index (χ4n) is 3.53. The van der Waals surface area contributed by atoms with Crippen molar-refractivity contribution in [2.75, 3.05) is 7.11 Å². The predicted octanol–water partition coefficient (Wildman–Crippen LogP) is 4.19. The molecule has 0 spiro atoms. The van der Waals surface area contributed by atoms with E-state index in [0.29, 0.717) is 17.4 Å². The van der Waals surface area contributed by atoms with Gasteiger partial charge >= 0.3 is 17.8 Å². The molecule has 0 aliphatic carbocycles. The van der Waals surface area contributed by atoms with E-state index in [2.05, 4.69) is 4.98 Å². The van der Waals surface area contributed by atoms with Crippen LogP contribution in [0.15, 0.2) is 27.8 Å². The summed E-state index contributed by atoms with van der Waals surface area (Å²) in [5.74, 6) is -5.36. The molecule has 0 amide bonds. The van der Waals surface area contributed by atoms with Crippen molar-refractivity contribution >= 4 is 21.9 Å². The number of halogens is 5. The van der Waals surface area contributed by atoms with Crippen molar-refractivity contribution in [1.29, 1.82) is 0 Å². The molecule has 0 fully saturated rings. The second-order valence-electron chi connectivity index (χ2n) is 7.03. The molecule has 0 saturated heterocycles. The summed E-state index contributed by atoms with van der Waals surface area (Å²) >= 11 is 0. The third kappa shape index (κ3) is 3.55. The first-order chi connectivity index (χ1) is 14.5. The van der Waals surface area contributed by atoms with Crippen molar-refractivity contribution in [3.8, 4) is 5.75 Å². The molecule has 1 aromatic carbocycles. The average molecular weight is 445 g/mol. The molecule has 3 rings (SSSR count). The minimum Gasteiger partial charge on any atom is -0.497 e. The fourth-order valence-corrected chi connectivity index (χ4v) is 3.53. The Hall–Kier alpha value is -2.98. The van der Waals surface area contributed by atoms with E-state index in [4.69, 9.17) is 4.74 Å². The van der Waals surface area contributed by atoms with E-state index in [1.165, 1.54) is 19.2 Å². The Kier molecular flexibility index (Phi) is 5.81. The molecular formula is C20H20F5N3O3. The Bertz CT molecular complexity index is 1260. The molecule has 0 bridgehead atoms. The summed E-state index contributed by atoms with van der Waals surface area (Å²) in [7, 11) is 1.23. The highest BCUT2D eigenvalue weighted by Crippen LogP contribution is 2.48. The van der Waals surface area contributed by atoms with Crippen LogP contribution in [-0.4, -0.2) is 27.4 Å². The van der Waals surface area contributed by atoms with Crippen LogP contribution in [0.2, 0.25) is 0 Å². The summed E-state index contributed by atoms with van der Waals surface area (Å²) in [6.07, 6.45) is -5.32. The fraction of sp³-hybridized carbons (Fsp3) is 0.450. The van der Waals surface area contributed by atoms with Crippen LogP contribution in [0.3, 0.4) is 0 Å². The lowest BCUT2D eigenvalue weighted by Gasteiger charge is -2.24. The summed E-state index contributed by atoms with van der Waals surface area (Å²) in [6, 6.07) is 3.54. The van der Waals surface area contributed by atoms with Crippen molar-refractivity contribution in [2.45, 2.75) is 51.9 Å². The summed E-state index contributed by atoms with van der Waals surface area (Å²) < 4.78 is 76.8. The first kappa shape index (κ1) is 22.7. The van der Waals surface area contributed by atoms with Gasteiger partial charge in [-0.3, -0.25) is 13.9 Å². The standard InChI is InChI=1S/C20H20F5N3O3/c1-4-8-27-16-14(17(29)28(9-5-2)18(27)30)15(19(21,22)20(23,24)25)12-10-11(31-3)6-7-13(12)26-16/h6-7,10H,4-5,8-9H2,1-3H3. The van der Waals surface area contributed by atoms with E-state index in [0.717, 1.165) is 10.6 Å². The van der Waals surface area contributed by atoms with Gasteiger partial charge in [0.05, 0.1) is 23.6 Å². The van der Waals surface area contributed by atoms with Gasteiger partial charge in [0, 0.05) is 18.5 Å². The third-order valence-electron chi connectivity index (χ3n) is 4.91. The minimum absolute atomic E-state index is 0.00891. The van der Waals surface area contributed by atoms with E-state index >= 15 is 0 Å². The van der Waals surface area contributed by atoms with Crippen molar-refractivity contribution in [2.24, 2.45) is 0 Å². The van der Waals surface area contributed by atoms with Crippen molar-refractivity contribution < 1.29 is 26.7 Å². The lowest BCUT2D eigenvalue weighted by atomic mass is 9.98. The number of pyridine rings is 1. The van der Waals surface area contributed by atoms with Gasteiger partial charge in [-0.2, -0.15) is 22.0 Å². The van der Waals surface area contributed by atoms with Crippen LogP contribution < -0.4 is 16.0 Å². The number of aryl methyl sites for hydroxylation is 1. The molecule has 0 aliphatic rings. The monoisotopic (exact) mass is 445 g/mol. The van der Waals surface area contributed by atoms with Gasteiger partial charge in [-0.15, -0.1) is 0 Å². The second-order valence-corrected chi connectivity index (χ2v) is 7.03. The minimum atomic E-state index is -5.98. The highest BCUT2D eigenvalue weighted by atomic mass is 19.4. The number of alkyl halides is 5. The maximum Gasteiger partial charge on any atom is 0.458 e. The Morgan fingerprint density at radius 3 is 2.16 bits per heavy atom. The van der Waals surface area contributed by atoms with Crippen LogP contribution in [0.25, 0.3) is 21.9 Å². The van der Waals surface area contributed by atoms with Crippen LogP contribution in [0, 0.1) is 0 Å². The SMILES string of the molecule is CCCn1c(=O)c2c(C(F)(F)C(F)(F)F)c3cc(OC)ccc3nc2n(CCC)c1=O. The molecular weight excluding hydrogens is 425 g/mol. The summed E-state index contributed by atoms with van der Waals surface area (Å²) in [4.78, 5) is 30.0. The molecule has 0 unspecified atom stereocenters. The van der Waals surface area contributed by atoms with Crippen LogP contribution >= 0.6 is 0 Å². The number of aromatic nitrogens is 3. The summed E-state index contributed by atoms with van der Waals surface area (Å²) in [5, 5.41) is -1.50. The maximum atomic E-state index is 14.8. The van der Waals surface area contributed by atoms with Crippen LogP contribution in [0.1, 0.15) is 32.3 Å². The largest absolute Gasteiger partial charge is 0.497 e. The zero-order valence-corrected chi connectivity index (χ0v) is 17.0.